The SMILES string of the molecule is Cc1cc(C)cc(N2C(=O)[C@H]3N=NN(c4ccc(Br)c(C)c4)[C@H]3C2=O)c1. The Bertz CT molecular complexity index is 952. The van der Waals surface area contributed by atoms with E-state index in [1.54, 1.807) is 5.01 Å². The fourth-order valence-electron chi connectivity index (χ4n) is 3.48. The van der Waals surface area contributed by atoms with Crippen molar-refractivity contribution < 1.29 is 9.59 Å². The molecule has 0 radical (unpaired) electrons. The standard InChI is InChI=1S/C19H17BrN4O2/c1-10-6-11(2)8-14(7-10)23-18(25)16-17(19(23)26)24(22-21-16)13-4-5-15(20)12(3)9-13/h4-9,16-17H,1-3H3/t16-,17+/m0/s1. The van der Waals surface area contributed by atoms with Gasteiger partial charge in [-0.25, -0.2) is 9.91 Å². The van der Waals surface area contributed by atoms with Crippen molar-refractivity contribution >= 4 is 39.1 Å². The quantitative estimate of drug-likeness (QED) is 0.703. The zero-order valence-corrected chi connectivity index (χ0v) is 16.2. The summed E-state index contributed by atoms with van der Waals surface area (Å²) in [6.45, 7) is 5.85. The topological polar surface area (TPSA) is 65.3 Å². The van der Waals surface area contributed by atoms with Crippen molar-refractivity contribution in [2.75, 3.05) is 9.91 Å². The predicted molar refractivity (Wildman–Crippen MR) is 102 cm³/mol. The highest BCUT2D eigenvalue weighted by Gasteiger charge is 2.55. The van der Waals surface area contributed by atoms with E-state index < -0.39 is 12.1 Å². The maximum Gasteiger partial charge on any atom is 0.263 e. The number of halogens is 1. The highest BCUT2D eigenvalue weighted by atomic mass is 79.9. The second kappa shape index (κ2) is 6.02. The number of hydrogen-bond donors (Lipinski definition) is 0. The molecule has 0 N–H and O–H groups in total. The lowest BCUT2D eigenvalue weighted by atomic mass is 10.1. The van der Waals surface area contributed by atoms with Crippen LogP contribution in [0.25, 0.3) is 0 Å². The molecule has 0 spiro atoms. The molecule has 2 aromatic rings. The number of anilines is 2. The molecule has 7 heteroatoms. The third kappa shape index (κ3) is 2.54. The molecule has 2 aliphatic heterocycles. The molecule has 2 aliphatic rings. The molecule has 0 unspecified atom stereocenters. The molecule has 0 bridgehead atoms. The van der Waals surface area contributed by atoms with Gasteiger partial charge in [-0.3, -0.25) is 9.59 Å². The van der Waals surface area contributed by atoms with Gasteiger partial charge in [-0.15, -0.1) is 0 Å². The van der Waals surface area contributed by atoms with Crippen LogP contribution < -0.4 is 9.91 Å². The van der Waals surface area contributed by atoms with Gasteiger partial charge in [0.15, 0.2) is 12.1 Å². The van der Waals surface area contributed by atoms with Crippen LogP contribution in [-0.4, -0.2) is 23.9 Å². The first-order valence-corrected chi connectivity index (χ1v) is 9.08. The fourth-order valence-corrected chi connectivity index (χ4v) is 3.73. The summed E-state index contributed by atoms with van der Waals surface area (Å²) in [6, 6.07) is 9.83. The average Bonchev–Trinajstić information content (AvgIpc) is 3.10. The van der Waals surface area contributed by atoms with E-state index >= 15 is 0 Å². The second-order valence-electron chi connectivity index (χ2n) is 6.73. The van der Waals surface area contributed by atoms with E-state index in [9.17, 15) is 9.59 Å². The molecule has 26 heavy (non-hydrogen) atoms. The molecule has 2 atom stereocenters. The van der Waals surface area contributed by atoms with Crippen LogP contribution in [0.15, 0.2) is 51.2 Å². The van der Waals surface area contributed by atoms with E-state index in [1.807, 2.05) is 57.2 Å². The first kappa shape index (κ1) is 16.9. The lowest BCUT2D eigenvalue weighted by molar-refractivity contribution is -0.121. The Balaban J connectivity index is 1.72. The first-order chi connectivity index (χ1) is 12.4. The highest BCUT2D eigenvalue weighted by Crippen LogP contribution is 2.36. The number of imide groups is 1. The van der Waals surface area contributed by atoms with Gasteiger partial charge in [-0.2, -0.15) is 5.11 Å². The molecule has 0 aromatic heterocycles. The minimum Gasteiger partial charge on any atom is -0.271 e. The molecular weight excluding hydrogens is 396 g/mol. The summed E-state index contributed by atoms with van der Waals surface area (Å²) < 4.78 is 0.972. The zero-order valence-electron chi connectivity index (χ0n) is 14.6. The number of amides is 2. The van der Waals surface area contributed by atoms with E-state index in [0.29, 0.717) is 5.69 Å². The molecule has 132 valence electrons. The van der Waals surface area contributed by atoms with Crippen LogP contribution in [0, 0.1) is 20.8 Å². The van der Waals surface area contributed by atoms with Gasteiger partial charge in [0.2, 0.25) is 0 Å². The van der Waals surface area contributed by atoms with E-state index in [1.165, 1.54) is 4.90 Å². The summed E-state index contributed by atoms with van der Waals surface area (Å²) in [5, 5.41) is 9.74. The maximum absolute atomic E-state index is 13.1. The van der Waals surface area contributed by atoms with Crippen molar-refractivity contribution in [3.05, 3.63) is 57.6 Å². The normalized spacial score (nSPS) is 21.7. The Kier molecular flexibility index (Phi) is 3.91. The number of rotatable bonds is 2. The van der Waals surface area contributed by atoms with Gasteiger partial charge in [-0.05, 0) is 67.8 Å². The Morgan fingerprint density at radius 3 is 2.27 bits per heavy atom. The van der Waals surface area contributed by atoms with Crippen molar-refractivity contribution in [2.45, 2.75) is 32.9 Å². The number of aryl methyl sites for hydroxylation is 3. The minimum atomic E-state index is -0.799. The van der Waals surface area contributed by atoms with E-state index in [2.05, 4.69) is 26.3 Å². The van der Waals surface area contributed by atoms with Gasteiger partial charge in [0.25, 0.3) is 11.8 Å². The van der Waals surface area contributed by atoms with Crippen LogP contribution >= 0.6 is 15.9 Å². The van der Waals surface area contributed by atoms with Crippen molar-refractivity contribution in [1.29, 1.82) is 0 Å². The first-order valence-electron chi connectivity index (χ1n) is 8.29. The van der Waals surface area contributed by atoms with Gasteiger partial charge < -0.3 is 0 Å². The number of nitrogens with zero attached hydrogens (tertiary/aromatic N) is 4. The summed E-state index contributed by atoms with van der Waals surface area (Å²) >= 11 is 3.47. The van der Waals surface area contributed by atoms with Crippen LogP contribution in [-0.2, 0) is 9.59 Å². The molecule has 2 aromatic carbocycles. The fraction of sp³-hybridized carbons (Fsp3) is 0.263. The van der Waals surface area contributed by atoms with E-state index in [0.717, 1.165) is 26.9 Å². The van der Waals surface area contributed by atoms with Crippen LogP contribution in [0.3, 0.4) is 0 Å². The molecule has 2 heterocycles. The Labute approximate surface area is 159 Å². The van der Waals surface area contributed by atoms with Gasteiger partial charge in [0.1, 0.15) is 0 Å². The number of fused-ring (bicyclic) bond motifs is 1. The number of carbonyl (C=O) groups excluding carboxylic acids is 2. The minimum absolute atomic E-state index is 0.296. The van der Waals surface area contributed by atoms with Crippen molar-refractivity contribution in [2.24, 2.45) is 10.3 Å². The lowest BCUT2D eigenvalue weighted by Crippen LogP contribution is -2.40. The smallest absolute Gasteiger partial charge is 0.263 e. The molecule has 4 rings (SSSR count). The molecule has 0 saturated carbocycles. The van der Waals surface area contributed by atoms with E-state index in [4.69, 9.17) is 0 Å². The monoisotopic (exact) mass is 412 g/mol. The Morgan fingerprint density at radius 1 is 0.923 bits per heavy atom. The summed E-state index contributed by atoms with van der Waals surface area (Å²) in [5.41, 5.74) is 4.35. The van der Waals surface area contributed by atoms with E-state index in [-0.39, 0.29) is 11.8 Å². The van der Waals surface area contributed by atoms with Crippen LogP contribution in [0.1, 0.15) is 16.7 Å². The molecule has 1 saturated heterocycles. The summed E-state index contributed by atoms with van der Waals surface area (Å²) in [5.74, 6) is -0.624. The molecular formula is C19H17BrN4O2. The summed E-state index contributed by atoms with van der Waals surface area (Å²) in [7, 11) is 0. The lowest BCUT2D eigenvalue weighted by Gasteiger charge is -2.21. The molecule has 0 aliphatic carbocycles. The average molecular weight is 413 g/mol. The number of carbonyl (C=O) groups is 2. The Hall–Kier alpha value is -2.54. The molecule has 2 amide bonds. The van der Waals surface area contributed by atoms with Gasteiger partial charge in [0, 0.05) is 4.47 Å². The van der Waals surface area contributed by atoms with Crippen LogP contribution in [0.5, 0.6) is 0 Å². The molecule has 6 nitrogen and oxygen atoms in total. The largest absolute Gasteiger partial charge is 0.271 e. The number of benzene rings is 2. The van der Waals surface area contributed by atoms with Crippen molar-refractivity contribution in [1.82, 2.24) is 0 Å². The maximum atomic E-state index is 13.1. The van der Waals surface area contributed by atoms with Gasteiger partial charge in [0.05, 0.1) is 11.4 Å². The van der Waals surface area contributed by atoms with Crippen molar-refractivity contribution in [3.8, 4) is 0 Å². The molecule has 1 fully saturated rings. The van der Waals surface area contributed by atoms with Gasteiger partial charge >= 0.3 is 0 Å². The van der Waals surface area contributed by atoms with Crippen LogP contribution in [0.2, 0.25) is 0 Å². The third-order valence-corrected chi connectivity index (χ3v) is 5.54. The van der Waals surface area contributed by atoms with Crippen molar-refractivity contribution in [3.63, 3.8) is 0 Å². The second-order valence-corrected chi connectivity index (χ2v) is 7.58. The zero-order chi connectivity index (χ0) is 18.6. The van der Waals surface area contributed by atoms with Gasteiger partial charge in [-0.1, -0.05) is 27.2 Å². The van der Waals surface area contributed by atoms with Crippen LogP contribution in [0.4, 0.5) is 11.4 Å². The third-order valence-electron chi connectivity index (χ3n) is 4.65. The summed E-state index contributed by atoms with van der Waals surface area (Å²) in [4.78, 5) is 27.2. The highest BCUT2D eigenvalue weighted by molar-refractivity contribution is 9.10. The predicted octanol–water partition coefficient (Wildman–Crippen LogP) is 3.87. The number of hydrogen-bond acceptors (Lipinski definition) is 5. The summed E-state index contributed by atoms with van der Waals surface area (Å²) in [6.07, 6.45) is 0. The Morgan fingerprint density at radius 2 is 1.62 bits per heavy atom.